The molecule has 132 valence electrons. The molecule has 3 aromatic rings. The highest BCUT2D eigenvalue weighted by atomic mass is 16.5. The van der Waals surface area contributed by atoms with Gasteiger partial charge in [0, 0.05) is 12.2 Å². The lowest BCUT2D eigenvalue weighted by Gasteiger charge is -2.20. The fourth-order valence-corrected chi connectivity index (χ4v) is 2.79. The van der Waals surface area contributed by atoms with Crippen molar-refractivity contribution < 1.29 is 19.4 Å². The minimum Gasteiger partial charge on any atom is -0.507 e. The lowest BCUT2D eigenvalue weighted by Crippen LogP contribution is -2.34. The van der Waals surface area contributed by atoms with Crippen LogP contribution in [0.3, 0.4) is 0 Å². The van der Waals surface area contributed by atoms with Gasteiger partial charge in [0.05, 0.1) is 0 Å². The molecule has 0 unspecified atom stereocenters. The van der Waals surface area contributed by atoms with E-state index in [0.29, 0.717) is 6.54 Å². The molecule has 0 atom stereocenters. The smallest absolute Gasteiger partial charge is 0.342 e. The van der Waals surface area contributed by atoms with Crippen LogP contribution in [-0.4, -0.2) is 30.1 Å². The summed E-state index contributed by atoms with van der Waals surface area (Å²) in [5.74, 6) is -1.23. The summed E-state index contributed by atoms with van der Waals surface area (Å²) in [6.07, 6.45) is 0. The molecule has 0 radical (unpaired) electrons. The highest BCUT2D eigenvalue weighted by Gasteiger charge is 2.19. The summed E-state index contributed by atoms with van der Waals surface area (Å²) in [5, 5.41) is 11.7. The van der Waals surface area contributed by atoms with Crippen molar-refractivity contribution in [2.45, 2.75) is 6.92 Å². The van der Waals surface area contributed by atoms with E-state index in [-0.39, 0.29) is 17.2 Å². The van der Waals surface area contributed by atoms with Gasteiger partial charge in [-0.1, -0.05) is 42.5 Å². The van der Waals surface area contributed by atoms with Gasteiger partial charge in [-0.05, 0) is 42.0 Å². The Morgan fingerprint density at radius 3 is 2.23 bits per heavy atom. The van der Waals surface area contributed by atoms with Crippen molar-refractivity contribution in [1.82, 2.24) is 0 Å². The number of fused-ring (bicyclic) bond motifs is 1. The zero-order valence-corrected chi connectivity index (χ0v) is 14.4. The average Bonchev–Trinajstić information content (AvgIpc) is 2.67. The van der Waals surface area contributed by atoms with Crippen molar-refractivity contribution in [3.63, 3.8) is 0 Å². The fourth-order valence-electron chi connectivity index (χ4n) is 2.79. The van der Waals surface area contributed by atoms with Gasteiger partial charge >= 0.3 is 5.97 Å². The standard InChI is InChI=1S/C21H19NO4/c1-2-22(17-10-4-3-5-11-17)20(24)14-26-21(25)18-12-15-8-6-7-9-16(15)13-19(18)23/h3-13,23H,2,14H2,1H3. The number of ether oxygens (including phenoxy) is 1. The molecule has 5 nitrogen and oxygen atoms in total. The Morgan fingerprint density at radius 1 is 0.962 bits per heavy atom. The summed E-state index contributed by atoms with van der Waals surface area (Å²) in [5.41, 5.74) is 0.781. The highest BCUT2D eigenvalue weighted by Crippen LogP contribution is 2.25. The minimum absolute atomic E-state index is 0.0410. The van der Waals surface area contributed by atoms with Gasteiger partial charge in [0.15, 0.2) is 6.61 Å². The zero-order valence-electron chi connectivity index (χ0n) is 14.4. The van der Waals surface area contributed by atoms with Crippen LogP contribution in [0, 0.1) is 0 Å². The molecule has 0 aliphatic rings. The molecular formula is C21H19NO4. The number of rotatable bonds is 5. The Labute approximate surface area is 151 Å². The van der Waals surface area contributed by atoms with Crippen molar-refractivity contribution in [3.05, 3.63) is 72.3 Å². The monoisotopic (exact) mass is 349 g/mol. The van der Waals surface area contributed by atoms with Crippen LogP contribution in [0.15, 0.2) is 66.7 Å². The Kier molecular flexibility index (Phi) is 5.17. The van der Waals surface area contributed by atoms with E-state index in [2.05, 4.69) is 0 Å². The van der Waals surface area contributed by atoms with Crippen LogP contribution < -0.4 is 4.90 Å². The number of hydrogen-bond acceptors (Lipinski definition) is 4. The number of aromatic hydroxyl groups is 1. The van der Waals surface area contributed by atoms with Crippen LogP contribution in [0.2, 0.25) is 0 Å². The number of likely N-dealkylation sites (N-methyl/N-ethyl adjacent to an activating group) is 1. The quantitative estimate of drug-likeness (QED) is 0.712. The molecule has 0 saturated carbocycles. The van der Waals surface area contributed by atoms with E-state index in [4.69, 9.17) is 4.74 Å². The van der Waals surface area contributed by atoms with Gasteiger partial charge in [-0.2, -0.15) is 0 Å². The maximum atomic E-state index is 12.4. The van der Waals surface area contributed by atoms with Crippen molar-refractivity contribution in [2.75, 3.05) is 18.1 Å². The van der Waals surface area contributed by atoms with Crippen molar-refractivity contribution in [1.29, 1.82) is 0 Å². The Balaban J connectivity index is 1.72. The first-order chi connectivity index (χ1) is 12.6. The highest BCUT2D eigenvalue weighted by molar-refractivity contribution is 6.00. The third-order valence-electron chi connectivity index (χ3n) is 4.10. The Morgan fingerprint density at radius 2 is 1.58 bits per heavy atom. The van der Waals surface area contributed by atoms with E-state index >= 15 is 0 Å². The molecule has 0 saturated heterocycles. The molecule has 0 aromatic heterocycles. The summed E-state index contributed by atoms with van der Waals surface area (Å²) in [7, 11) is 0. The Hall–Kier alpha value is -3.34. The van der Waals surface area contributed by atoms with Crippen LogP contribution in [0.25, 0.3) is 10.8 Å². The maximum absolute atomic E-state index is 12.4. The van der Waals surface area contributed by atoms with E-state index in [1.807, 2.05) is 61.5 Å². The van der Waals surface area contributed by atoms with Crippen molar-refractivity contribution in [2.24, 2.45) is 0 Å². The van der Waals surface area contributed by atoms with Crippen LogP contribution in [0.5, 0.6) is 5.75 Å². The van der Waals surface area contributed by atoms with Crippen LogP contribution in [-0.2, 0) is 9.53 Å². The number of anilines is 1. The first-order valence-electron chi connectivity index (χ1n) is 8.34. The number of benzene rings is 3. The third-order valence-corrected chi connectivity index (χ3v) is 4.10. The summed E-state index contributed by atoms with van der Waals surface area (Å²) in [6, 6.07) is 19.6. The van der Waals surface area contributed by atoms with Gasteiger partial charge in [0.25, 0.3) is 5.91 Å². The van der Waals surface area contributed by atoms with Gasteiger partial charge in [-0.15, -0.1) is 0 Å². The largest absolute Gasteiger partial charge is 0.507 e. The van der Waals surface area contributed by atoms with E-state index in [1.165, 1.54) is 11.0 Å². The lowest BCUT2D eigenvalue weighted by atomic mass is 10.1. The summed E-state index contributed by atoms with van der Waals surface area (Å²) in [4.78, 5) is 26.2. The molecule has 0 spiro atoms. The molecule has 0 bridgehead atoms. The second-order valence-corrected chi connectivity index (χ2v) is 5.77. The van der Waals surface area contributed by atoms with Crippen molar-refractivity contribution >= 4 is 28.3 Å². The number of carbonyl (C=O) groups is 2. The van der Waals surface area contributed by atoms with Gasteiger partial charge in [0.1, 0.15) is 11.3 Å². The van der Waals surface area contributed by atoms with Crippen LogP contribution in [0.1, 0.15) is 17.3 Å². The molecule has 3 rings (SSSR count). The molecular weight excluding hydrogens is 330 g/mol. The number of phenolic OH excluding ortho intramolecular Hbond substituents is 1. The molecule has 0 fully saturated rings. The predicted molar refractivity (Wildman–Crippen MR) is 100 cm³/mol. The van der Waals surface area contributed by atoms with Crippen molar-refractivity contribution in [3.8, 4) is 5.75 Å². The third kappa shape index (κ3) is 3.67. The van der Waals surface area contributed by atoms with Gasteiger partial charge < -0.3 is 14.7 Å². The first kappa shape index (κ1) is 17.5. The van der Waals surface area contributed by atoms with E-state index < -0.39 is 12.6 Å². The summed E-state index contributed by atoms with van der Waals surface area (Å²) >= 11 is 0. The molecule has 0 heterocycles. The molecule has 26 heavy (non-hydrogen) atoms. The lowest BCUT2D eigenvalue weighted by molar-refractivity contribution is -0.121. The topological polar surface area (TPSA) is 66.8 Å². The van der Waals surface area contributed by atoms with Crippen LogP contribution in [0.4, 0.5) is 5.69 Å². The van der Waals surface area contributed by atoms with Gasteiger partial charge in [-0.25, -0.2) is 4.79 Å². The molecule has 5 heteroatoms. The molecule has 1 amide bonds. The zero-order chi connectivity index (χ0) is 18.5. The minimum atomic E-state index is -0.731. The number of esters is 1. The number of carbonyl (C=O) groups excluding carboxylic acids is 2. The summed E-state index contributed by atoms with van der Waals surface area (Å²) < 4.78 is 5.13. The molecule has 3 aromatic carbocycles. The second-order valence-electron chi connectivity index (χ2n) is 5.77. The number of para-hydroxylation sites is 1. The van der Waals surface area contributed by atoms with E-state index in [0.717, 1.165) is 16.5 Å². The summed E-state index contributed by atoms with van der Waals surface area (Å²) in [6.45, 7) is 1.91. The number of hydrogen-bond donors (Lipinski definition) is 1. The predicted octanol–water partition coefficient (Wildman–Crippen LogP) is 3.76. The molecule has 1 N–H and O–H groups in total. The first-order valence-corrected chi connectivity index (χ1v) is 8.34. The van der Waals surface area contributed by atoms with E-state index in [1.54, 1.807) is 6.07 Å². The number of amides is 1. The number of phenols is 1. The second kappa shape index (κ2) is 7.70. The normalized spacial score (nSPS) is 10.5. The molecule has 0 aliphatic carbocycles. The maximum Gasteiger partial charge on any atom is 0.342 e. The Bertz CT molecular complexity index is 937. The number of nitrogens with zero attached hydrogens (tertiary/aromatic N) is 1. The fraction of sp³-hybridized carbons (Fsp3) is 0.143. The van der Waals surface area contributed by atoms with Gasteiger partial charge in [-0.3, -0.25) is 4.79 Å². The SMILES string of the molecule is CCN(C(=O)COC(=O)c1cc2ccccc2cc1O)c1ccccc1. The van der Waals surface area contributed by atoms with Crippen LogP contribution >= 0.6 is 0 Å². The average molecular weight is 349 g/mol. The molecule has 0 aliphatic heterocycles. The van der Waals surface area contributed by atoms with E-state index in [9.17, 15) is 14.7 Å². The van der Waals surface area contributed by atoms with Gasteiger partial charge in [0.2, 0.25) is 0 Å².